The molecule has 0 unspecified atom stereocenters. The van der Waals surface area contributed by atoms with Gasteiger partial charge in [-0.05, 0) is 41.5 Å². The van der Waals surface area contributed by atoms with Crippen molar-refractivity contribution in [1.29, 1.82) is 0 Å². The van der Waals surface area contributed by atoms with Crippen molar-refractivity contribution in [2.24, 2.45) is 0 Å². The number of nitrogens with zero attached hydrogens (tertiary/aromatic N) is 3. The SMILES string of the molecule is COc1ccc(-c2ccnn(Cc3ccc(N(C)C)cc3)c2=O)cc1. The van der Waals surface area contributed by atoms with Gasteiger partial charge in [-0.15, -0.1) is 0 Å². The molecule has 0 N–H and O–H groups in total. The van der Waals surface area contributed by atoms with E-state index in [4.69, 9.17) is 4.74 Å². The molecule has 0 spiro atoms. The Morgan fingerprint density at radius 3 is 2.28 bits per heavy atom. The van der Waals surface area contributed by atoms with Crippen LogP contribution in [0.2, 0.25) is 0 Å². The van der Waals surface area contributed by atoms with Gasteiger partial charge in [-0.3, -0.25) is 4.79 Å². The van der Waals surface area contributed by atoms with Gasteiger partial charge >= 0.3 is 0 Å². The van der Waals surface area contributed by atoms with Crippen molar-refractivity contribution in [3.63, 3.8) is 0 Å². The summed E-state index contributed by atoms with van der Waals surface area (Å²) in [6, 6.07) is 17.3. The van der Waals surface area contributed by atoms with Crippen LogP contribution in [0.15, 0.2) is 65.6 Å². The number of benzene rings is 2. The fraction of sp³-hybridized carbons (Fsp3) is 0.200. The molecule has 0 aliphatic carbocycles. The van der Waals surface area contributed by atoms with Gasteiger partial charge in [0.15, 0.2) is 0 Å². The molecule has 0 aliphatic heterocycles. The van der Waals surface area contributed by atoms with Gasteiger partial charge in [-0.1, -0.05) is 24.3 Å². The van der Waals surface area contributed by atoms with E-state index in [0.717, 1.165) is 22.6 Å². The van der Waals surface area contributed by atoms with E-state index in [1.165, 1.54) is 4.68 Å². The standard InChI is InChI=1S/C20H21N3O2/c1-22(2)17-8-4-15(5-9-17)14-23-20(24)19(12-13-21-23)16-6-10-18(25-3)11-7-16/h4-13H,14H2,1-3H3. The molecule has 25 heavy (non-hydrogen) atoms. The summed E-state index contributed by atoms with van der Waals surface area (Å²) in [4.78, 5) is 14.8. The number of hydrogen-bond acceptors (Lipinski definition) is 4. The molecule has 3 aromatic rings. The van der Waals surface area contributed by atoms with Crippen LogP contribution in [0.1, 0.15) is 5.56 Å². The van der Waals surface area contributed by atoms with E-state index in [1.807, 2.05) is 67.5 Å². The molecule has 3 rings (SSSR count). The van der Waals surface area contributed by atoms with Crippen LogP contribution in [-0.4, -0.2) is 31.0 Å². The third kappa shape index (κ3) is 3.71. The second-order valence-corrected chi connectivity index (χ2v) is 6.00. The van der Waals surface area contributed by atoms with Crippen LogP contribution in [0.5, 0.6) is 5.75 Å². The molecular weight excluding hydrogens is 314 g/mol. The van der Waals surface area contributed by atoms with Crippen LogP contribution < -0.4 is 15.2 Å². The average Bonchev–Trinajstić information content (AvgIpc) is 2.64. The predicted octanol–water partition coefficient (Wildman–Crippen LogP) is 3.03. The molecule has 0 fully saturated rings. The van der Waals surface area contributed by atoms with E-state index in [0.29, 0.717) is 12.1 Å². The number of ether oxygens (including phenoxy) is 1. The molecule has 5 nitrogen and oxygen atoms in total. The van der Waals surface area contributed by atoms with Crippen molar-refractivity contribution in [3.05, 3.63) is 76.7 Å². The number of methoxy groups -OCH3 is 1. The number of anilines is 1. The first kappa shape index (κ1) is 16.8. The van der Waals surface area contributed by atoms with E-state index in [2.05, 4.69) is 5.10 Å². The zero-order chi connectivity index (χ0) is 17.8. The number of hydrogen-bond donors (Lipinski definition) is 0. The predicted molar refractivity (Wildman–Crippen MR) is 100 cm³/mol. The smallest absolute Gasteiger partial charge is 0.274 e. The van der Waals surface area contributed by atoms with Crippen molar-refractivity contribution in [1.82, 2.24) is 9.78 Å². The van der Waals surface area contributed by atoms with Gasteiger partial charge in [0.05, 0.1) is 19.2 Å². The van der Waals surface area contributed by atoms with Crippen LogP contribution in [0.4, 0.5) is 5.69 Å². The van der Waals surface area contributed by atoms with E-state index >= 15 is 0 Å². The van der Waals surface area contributed by atoms with Gasteiger partial charge in [-0.25, -0.2) is 4.68 Å². The maximum atomic E-state index is 12.8. The summed E-state index contributed by atoms with van der Waals surface area (Å²) in [6.07, 6.45) is 1.66. The van der Waals surface area contributed by atoms with Gasteiger partial charge < -0.3 is 9.64 Å². The van der Waals surface area contributed by atoms with Crippen LogP contribution in [0, 0.1) is 0 Å². The fourth-order valence-electron chi connectivity index (χ4n) is 2.63. The minimum atomic E-state index is -0.107. The third-order valence-corrected chi connectivity index (χ3v) is 4.10. The molecule has 1 aromatic heterocycles. The summed E-state index contributed by atoms with van der Waals surface area (Å²) in [5, 5.41) is 4.22. The summed E-state index contributed by atoms with van der Waals surface area (Å²) in [7, 11) is 5.62. The summed E-state index contributed by atoms with van der Waals surface area (Å²) < 4.78 is 6.66. The lowest BCUT2D eigenvalue weighted by Gasteiger charge is -2.13. The molecule has 0 saturated carbocycles. The van der Waals surface area contributed by atoms with E-state index in [1.54, 1.807) is 19.4 Å². The van der Waals surface area contributed by atoms with Crippen molar-refractivity contribution >= 4 is 5.69 Å². The molecule has 0 aliphatic rings. The van der Waals surface area contributed by atoms with Crippen molar-refractivity contribution < 1.29 is 4.74 Å². The van der Waals surface area contributed by atoms with Crippen LogP contribution >= 0.6 is 0 Å². The highest BCUT2D eigenvalue weighted by Gasteiger charge is 2.08. The topological polar surface area (TPSA) is 47.4 Å². The Morgan fingerprint density at radius 1 is 1.00 bits per heavy atom. The Labute approximate surface area is 147 Å². The molecule has 0 amide bonds. The molecular formula is C20H21N3O2. The van der Waals surface area contributed by atoms with Crippen molar-refractivity contribution in [3.8, 4) is 16.9 Å². The molecule has 0 radical (unpaired) electrons. The van der Waals surface area contributed by atoms with Gasteiger partial charge in [0.25, 0.3) is 5.56 Å². The van der Waals surface area contributed by atoms with Gasteiger partial charge in [0, 0.05) is 26.0 Å². The monoisotopic (exact) mass is 335 g/mol. The maximum Gasteiger partial charge on any atom is 0.274 e. The molecule has 128 valence electrons. The number of rotatable bonds is 5. The average molecular weight is 335 g/mol. The van der Waals surface area contributed by atoms with Crippen LogP contribution in [0.25, 0.3) is 11.1 Å². The quantitative estimate of drug-likeness (QED) is 0.719. The largest absolute Gasteiger partial charge is 0.497 e. The molecule has 0 saturated heterocycles. The Kier molecular flexibility index (Phi) is 4.84. The van der Waals surface area contributed by atoms with E-state index < -0.39 is 0 Å². The summed E-state index contributed by atoms with van der Waals surface area (Å²) in [5.41, 5.74) is 3.53. The second-order valence-electron chi connectivity index (χ2n) is 6.00. The van der Waals surface area contributed by atoms with Crippen molar-refractivity contribution in [2.45, 2.75) is 6.54 Å². The zero-order valence-electron chi connectivity index (χ0n) is 14.6. The highest BCUT2D eigenvalue weighted by atomic mass is 16.5. The third-order valence-electron chi connectivity index (χ3n) is 4.10. The lowest BCUT2D eigenvalue weighted by atomic mass is 10.1. The van der Waals surface area contributed by atoms with Crippen LogP contribution in [-0.2, 0) is 6.54 Å². The lowest BCUT2D eigenvalue weighted by molar-refractivity contribution is 0.415. The van der Waals surface area contributed by atoms with Gasteiger partial charge in [0.1, 0.15) is 5.75 Å². The molecule has 1 heterocycles. The molecule has 2 aromatic carbocycles. The summed E-state index contributed by atoms with van der Waals surface area (Å²) in [5.74, 6) is 0.763. The zero-order valence-corrected chi connectivity index (χ0v) is 14.6. The molecule has 0 bridgehead atoms. The Balaban J connectivity index is 1.89. The molecule has 5 heteroatoms. The normalized spacial score (nSPS) is 10.5. The Hall–Kier alpha value is -3.08. The minimum Gasteiger partial charge on any atom is -0.497 e. The fourth-order valence-corrected chi connectivity index (χ4v) is 2.63. The Bertz CT molecular complexity index is 897. The number of aromatic nitrogens is 2. The van der Waals surface area contributed by atoms with Gasteiger partial charge in [-0.2, -0.15) is 5.10 Å². The summed E-state index contributed by atoms with van der Waals surface area (Å²) >= 11 is 0. The van der Waals surface area contributed by atoms with E-state index in [-0.39, 0.29) is 5.56 Å². The highest BCUT2D eigenvalue weighted by Crippen LogP contribution is 2.19. The first-order chi connectivity index (χ1) is 12.1. The Morgan fingerprint density at radius 2 is 1.68 bits per heavy atom. The van der Waals surface area contributed by atoms with Crippen molar-refractivity contribution in [2.75, 3.05) is 26.1 Å². The lowest BCUT2D eigenvalue weighted by Crippen LogP contribution is -2.24. The minimum absolute atomic E-state index is 0.107. The molecule has 0 atom stereocenters. The first-order valence-electron chi connectivity index (χ1n) is 8.05. The van der Waals surface area contributed by atoms with Crippen LogP contribution in [0.3, 0.4) is 0 Å². The maximum absolute atomic E-state index is 12.8. The summed E-state index contributed by atoms with van der Waals surface area (Å²) in [6.45, 7) is 0.441. The highest BCUT2D eigenvalue weighted by molar-refractivity contribution is 5.62. The first-order valence-corrected chi connectivity index (χ1v) is 8.05. The second kappa shape index (κ2) is 7.21. The van der Waals surface area contributed by atoms with E-state index in [9.17, 15) is 4.79 Å². The van der Waals surface area contributed by atoms with Gasteiger partial charge in [0.2, 0.25) is 0 Å².